The minimum Gasteiger partial charge on any atom is -0.495 e. The zero-order valence-electron chi connectivity index (χ0n) is 9.78. The van der Waals surface area contributed by atoms with E-state index in [-0.39, 0.29) is 10.9 Å². The van der Waals surface area contributed by atoms with Gasteiger partial charge in [-0.15, -0.1) is 0 Å². The van der Waals surface area contributed by atoms with Gasteiger partial charge in [0.2, 0.25) is 0 Å². The van der Waals surface area contributed by atoms with Crippen LogP contribution in [0.1, 0.15) is 11.5 Å². The van der Waals surface area contributed by atoms with Crippen LogP contribution in [-0.4, -0.2) is 29.3 Å². The Morgan fingerprint density at radius 3 is 2.63 bits per heavy atom. The molecule has 0 aliphatic rings. The molecule has 0 saturated carbocycles. The Hall–Kier alpha value is -2.18. The van der Waals surface area contributed by atoms with Gasteiger partial charge in [-0.2, -0.15) is 13.2 Å². The molecule has 0 aliphatic carbocycles. The molecule has 7 heteroatoms. The number of benzene rings is 1. The van der Waals surface area contributed by atoms with Crippen molar-refractivity contribution in [3.8, 4) is 5.75 Å². The molecule has 0 fully saturated rings. The number of methoxy groups -OCH3 is 1. The Morgan fingerprint density at radius 2 is 2.11 bits per heavy atom. The number of hydrogen-bond acceptors (Lipinski definition) is 2. The van der Waals surface area contributed by atoms with Crippen LogP contribution in [0, 0.1) is 0 Å². The highest BCUT2D eigenvalue weighted by atomic mass is 19.4. The van der Waals surface area contributed by atoms with Gasteiger partial charge in [0.1, 0.15) is 5.75 Å². The molecular weight excluding hydrogens is 263 g/mol. The Bertz CT molecular complexity index is 618. The van der Waals surface area contributed by atoms with Crippen LogP contribution in [-0.2, 0) is 4.79 Å². The molecule has 19 heavy (non-hydrogen) atoms. The summed E-state index contributed by atoms with van der Waals surface area (Å²) in [5, 5.41) is 8.99. The number of hydrogen-bond donors (Lipinski definition) is 2. The molecule has 1 heterocycles. The highest BCUT2D eigenvalue weighted by Crippen LogP contribution is 2.39. The van der Waals surface area contributed by atoms with E-state index in [4.69, 9.17) is 9.84 Å². The van der Waals surface area contributed by atoms with Crippen molar-refractivity contribution in [2.24, 2.45) is 0 Å². The summed E-state index contributed by atoms with van der Waals surface area (Å²) in [5.74, 6) is -4.14. The third-order valence-corrected chi connectivity index (χ3v) is 2.81. The number of para-hydroxylation sites is 1. The highest BCUT2D eigenvalue weighted by molar-refractivity contribution is 5.93. The molecule has 1 aromatic heterocycles. The van der Waals surface area contributed by atoms with Gasteiger partial charge in [0, 0.05) is 17.1 Å². The fourth-order valence-corrected chi connectivity index (χ4v) is 2.01. The van der Waals surface area contributed by atoms with Crippen LogP contribution in [0.4, 0.5) is 13.2 Å². The maximum atomic E-state index is 12.8. The quantitative estimate of drug-likeness (QED) is 0.903. The smallest absolute Gasteiger partial charge is 0.406 e. The van der Waals surface area contributed by atoms with Crippen molar-refractivity contribution in [1.29, 1.82) is 0 Å². The van der Waals surface area contributed by atoms with E-state index in [9.17, 15) is 18.0 Å². The van der Waals surface area contributed by atoms with Gasteiger partial charge in [-0.3, -0.25) is 4.79 Å². The predicted molar refractivity (Wildman–Crippen MR) is 61.3 cm³/mol. The largest absolute Gasteiger partial charge is 0.495 e. The molecular formula is C12H10F3NO3. The van der Waals surface area contributed by atoms with Crippen molar-refractivity contribution < 1.29 is 27.8 Å². The van der Waals surface area contributed by atoms with Crippen molar-refractivity contribution in [1.82, 2.24) is 4.98 Å². The molecule has 0 radical (unpaired) electrons. The number of nitrogens with one attached hydrogen (secondary N) is 1. The number of rotatable bonds is 3. The lowest BCUT2D eigenvalue weighted by molar-refractivity contribution is -0.176. The van der Waals surface area contributed by atoms with Crippen molar-refractivity contribution in [2.75, 3.05) is 7.11 Å². The number of aromatic nitrogens is 1. The number of halogens is 3. The first-order valence-corrected chi connectivity index (χ1v) is 5.29. The maximum absolute atomic E-state index is 12.8. The lowest BCUT2D eigenvalue weighted by Gasteiger charge is -2.15. The van der Waals surface area contributed by atoms with E-state index in [0.717, 1.165) is 6.20 Å². The molecule has 1 atom stereocenters. The standard InChI is InChI=1S/C12H10F3NO3/c1-19-8-4-2-3-6-7(5-16-10(6)8)9(11(17)18)12(13,14)15/h2-5,9,16H,1H3,(H,17,18)/t9-/m1/s1. The Balaban J connectivity index is 2.65. The SMILES string of the molecule is COc1cccc2c([C@H](C(=O)O)C(F)(F)F)c[nH]c12. The summed E-state index contributed by atoms with van der Waals surface area (Å²) >= 11 is 0. The van der Waals surface area contributed by atoms with Crippen LogP contribution in [0.2, 0.25) is 0 Å². The molecule has 102 valence electrons. The Morgan fingerprint density at radius 1 is 1.42 bits per heavy atom. The van der Waals surface area contributed by atoms with Crippen LogP contribution >= 0.6 is 0 Å². The Labute approximate surface area is 105 Å². The molecule has 2 rings (SSSR count). The zero-order chi connectivity index (χ0) is 14.2. The molecule has 0 saturated heterocycles. The van der Waals surface area contributed by atoms with E-state index in [1.807, 2.05) is 0 Å². The first kappa shape index (κ1) is 13.3. The number of aliphatic carboxylic acids is 1. The number of aromatic amines is 1. The van der Waals surface area contributed by atoms with Crippen LogP contribution in [0.25, 0.3) is 10.9 Å². The number of ether oxygens (including phenoxy) is 1. The summed E-state index contributed by atoms with van der Waals surface area (Å²) in [4.78, 5) is 13.5. The van der Waals surface area contributed by atoms with Gasteiger partial charge in [0.15, 0.2) is 5.92 Å². The van der Waals surface area contributed by atoms with Gasteiger partial charge >= 0.3 is 12.1 Å². The van der Waals surface area contributed by atoms with E-state index in [1.54, 1.807) is 6.07 Å². The van der Waals surface area contributed by atoms with Crippen molar-refractivity contribution >= 4 is 16.9 Å². The molecule has 1 aromatic carbocycles. The zero-order valence-corrected chi connectivity index (χ0v) is 9.78. The molecule has 2 N–H and O–H groups in total. The molecule has 0 bridgehead atoms. The van der Waals surface area contributed by atoms with Crippen LogP contribution in [0.15, 0.2) is 24.4 Å². The monoisotopic (exact) mass is 273 g/mol. The number of carboxylic acids is 1. The predicted octanol–water partition coefficient (Wildman–Crippen LogP) is 2.91. The number of H-pyrrole nitrogens is 1. The number of fused-ring (bicyclic) bond motifs is 1. The summed E-state index contributed by atoms with van der Waals surface area (Å²) in [6.45, 7) is 0. The summed E-state index contributed by atoms with van der Waals surface area (Å²) < 4.78 is 43.5. The van der Waals surface area contributed by atoms with Crippen molar-refractivity contribution in [2.45, 2.75) is 12.1 Å². The molecule has 0 unspecified atom stereocenters. The minimum absolute atomic E-state index is 0.184. The highest BCUT2D eigenvalue weighted by Gasteiger charge is 2.47. The number of alkyl halides is 3. The summed E-state index contributed by atoms with van der Waals surface area (Å²) in [5.41, 5.74) is 0.0180. The summed E-state index contributed by atoms with van der Waals surface area (Å²) in [6.07, 6.45) is -3.80. The van der Waals surface area contributed by atoms with Crippen LogP contribution < -0.4 is 4.74 Å². The third-order valence-electron chi connectivity index (χ3n) is 2.81. The second-order valence-electron chi connectivity index (χ2n) is 3.94. The van der Waals surface area contributed by atoms with Gasteiger partial charge in [-0.05, 0) is 6.07 Å². The first-order valence-electron chi connectivity index (χ1n) is 5.29. The van der Waals surface area contributed by atoms with Crippen LogP contribution in [0.5, 0.6) is 5.75 Å². The van der Waals surface area contributed by atoms with E-state index in [0.29, 0.717) is 11.3 Å². The lowest BCUT2D eigenvalue weighted by atomic mass is 9.98. The van der Waals surface area contributed by atoms with Gasteiger partial charge in [0.25, 0.3) is 0 Å². The summed E-state index contributed by atoms with van der Waals surface area (Å²) in [6, 6.07) is 4.51. The lowest BCUT2D eigenvalue weighted by Crippen LogP contribution is -2.28. The second kappa shape index (κ2) is 4.49. The average molecular weight is 273 g/mol. The second-order valence-corrected chi connectivity index (χ2v) is 3.94. The average Bonchev–Trinajstić information content (AvgIpc) is 2.70. The minimum atomic E-state index is -4.86. The fourth-order valence-electron chi connectivity index (χ4n) is 2.01. The third kappa shape index (κ3) is 2.23. The van der Waals surface area contributed by atoms with E-state index in [2.05, 4.69) is 4.98 Å². The van der Waals surface area contributed by atoms with E-state index in [1.165, 1.54) is 19.2 Å². The molecule has 0 aliphatic heterocycles. The molecule has 2 aromatic rings. The topological polar surface area (TPSA) is 62.3 Å². The van der Waals surface area contributed by atoms with Crippen molar-refractivity contribution in [3.63, 3.8) is 0 Å². The normalized spacial score (nSPS) is 13.5. The first-order chi connectivity index (χ1) is 8.86. The van der Waals surface area contributed by atoms with Gasteiger partial charge in [0.05, 0.1) is 12.6 Å². The Kier molecular flexibility index (Phi) is 3.13. The molecule has 0 spiro atoms. The number of carboxylic acid groups (broad SMARTS) is 1. The van der Waals surface area contributed by atoms with Gasteiger partial charge in [-0.25, -0.2) is 0 Å². The van der Waals surface area contributed by atoms with E-state index < -0.39 is 18.1 Å². The number of carbonyl (C=O) groups is 1. The van der Waals surface area contributed by atoms with Gasteiger partial charge < -0.3 is 14.8 Å². The van der Waals surface area contributed by atoms with Crippen LogP contribution in [0.3, 0.4) is 0 Å². The molecule has 4 nitrogen and oxygen atoms in total. The summed E-state index contributed by atoms with van der Waals surface area (Å²) in [7, 11) is 1.38. The van der Waals surface area contributed by atoms with Crippen molar-refractivity contribution in [3.05, 3.63) is 30.0 Å². The molecule has 0 amide bonds. The van der Waals surface area contributed by atoms with E-state index >= 15 is 0 Å². The van der Waals surface area contributed by atoms with Gasteiger partial charge in [-0.1, -0.05) is 12.1 Å². The maximum Gasteiger partial charge on any atom is 0.406 e. The fraction of sp³-hybridized carbons (Fsp3) is 0.250.